The summed E-state index contributed by atoms with van der Waals surface area (Å²) >= 11 is 1.36. The molecule has 2 aromatic carbocycles. The van der Waals surface area contributed by atoms with Crippen molar-refractivity contribution >= 4 is 28.5 Å². The zero-order chi connectivity index (χ0) is 13.4. The molecule has 3 N–H and O–H groups in total. The smallest absolute Gasteiger partial charge is 0.171 e. The highest BCUT2D eigenvalue weighted by Crippen LogP contribution is 2.29. The number of aryl methyl sites for hydroxylation is 1. The summed E-state index contributed by atoms with van der Waals surface area (Å²) < 4.78 is 13.3. The SMILES string of the molecule is Cc1ccc2nc(Sc3cc(N)cc(F)c3)[nH]c2c1. The van der Waals surface area contributed by atoms with Crippen LogP contribution in [0.3, 0.4) is 0 Å². The summed E-state index contributed by atoms with van der Waals surface area (Å²) in [6.45, 7) is 2.03. The molecule has 1 heterocycles. The van der Waals surface area contributed by atoms with Crippen LogP contribution in [0.2, 0.25) is 0 Å². The number of nitrogens with two attached hydrogens (primary N) is 1. The molecule has 0 aliphatic carbocycles. The van der Waals surface area contributed by atoms with Gasteiger partial charge in [0, 0.05) is 10.6 Å². The van der Waals surface area contributed by atoms with Crippen LogP contribution >= 0.6 is 11.8 Å². The van der Waals surface area contributed by atoms with Gasteiger partial charge in [-0.3, -0.25) is 0 Å². The lowest BCUT2D eigenvalue weighted by Crippen LogP contribution is -1.87. The zero-order valence-corrected chi connectivity index (χ0v) is 11.1. The fraction of sp³-hybridized carbons (Fsp3) is 0.0714. The van der Waals surface area contributed by atoms with Gasteiger partial charge in [0.1, 0.15) is 5.82 Å². The van der Waals surface area contributed by atoms with Crippen LogP contribution in [0.5, 0.6) is 0 Å². The minimum absolute atomic E-state index is 0.338. The van der Waals surface area contributed by atoms with Crippen LogP contribution in [0, 0.1) is 12.7 Å². The Kier molecular flexibility index (Phi) is 2.91. The standard InChI is InChI=1S/C14H12FN3S/c1-8-2-3-12-13(4-8)18-14(17-12)19-11-6-9(15)5-10(16)7-11/h2-7H,16H2,1H3,(H,17,18). The van der Waals surface area contributed by atoms with E-state index in [-0.39, 0.29) is 5.82 Å². The second-order valence-electron chi connectivity index (χ2n) is 4.38. The number of nitrogens with zero attached hydrogens (tertiary/aromatic N) is 1. The molecule has 96 valence electrons. The predicted octanol–water partition coefficient (Wildman–Crippen LogP) is 3.74. The lowest BCUT2D eigenvalue weighted by atomic mass is 10.2. The first-order chi connectivity index (χ1) is 9.10. The number of rotatable bonds is 2. The van der Waals surface area contributed by atoms with E-state index in [2.05, 4.69) is 9.97 Å². The van der Waals surface area contributed by atoms with Crippen LogP contribution in [-0.4, -0.2) is 9.97 Å². The number of imidazole rings is 1. The van der Waals surface area contributed by atoms with Crippen molar-refractivity contribution in [2.45, 2.75) is 17.0 Å². The lowest BCUT2D eigenvalue weighted by Gasteiger charge is -2.00. The van der Waals surface area contributed by atoms with Crippen molar-refractivity contribution < 1.29 is 4.39 Å². The van der Waals surface area contributed by atoms with Gasteiger partial charge in [0.15, 0.2) is 5.16 Å². The van der Waals surface area contributed by atoms with Crippen LogP contribution in [0.15, 0.2) is 46.5 Å². The Morgan fingerprint density at radius 3 is 2.84 bits per heavy atom. The van der Waals surface area contributed by atoms with E-state index in [9.17, 15) is 4.39 Å². The first-order valence-electron chi connectivity index (χ1n) is 5.80. The van der Waals surface area contributed by atoms with Gasteiger partial charge < -0.3 is 10.7 Å². The summed E-state index contributed by atoms with van der Waals surface area (Å²) in [6.07, 6.45) is 0. The summed E-state index contributed by atoms with van der Waals surface area (Å²) in [7, 11) is 0. The number of benzene rings is 2. The van der Waals surface area contributed by atoms with E-state index >= 15 is 0 Å². The minimum atomic E-state index is -0.338. The van der Waals surface area contributed by atoms with Gasteiger partial charge >= 0.3 is 0 Å². The predicted molar refractivity (Wildman–Crippen MR) is 75.8 cm³/mol. The normalized spacial score (nSPS) is 11.1. The molecule has 1 aromatic heterocycles. The van der Waals surface area contributed by atoms with Gasteiger partial charge in [-0.25, -0.2) is 9.37 Å². The average Bonchev–Trinajstić information content (AvgIpc) is 2.68. The Bertz CT molecular complexity index is 731. The van der Waals surface area contributed by atoms with Crippen molar-refractivity contribution in [3.8, 4) is 0 Å². The Balaban J connectivity index is 1.96. The van der Waals surface area contributed by atoms with Crippen LogP contribution in [0.25, 0.3) is 11.0 Å². The van der Waals surface area contributed by atoms with Crippen molar-refractivity contribution in [2.24, 2.45) is 0 Å². The number of halogens is 1. The zero-order valence-electron chi connectivity index (χ0n) is 10.3. The quantitative estimate of drug-likeness (QED) is 0.699. The van der Waals surface area contributed by atoms with Crippen molar-refractivity contribution in [1.29, 1.82) is 0 Å². The monoisotopic (exact) mass is 273 g/mol. The number of H-pyrrole nitrogens is 1. The van der Waals surface area contributed by atoms with Crippen LogP contribution in [0.4, 0.5) is 10.1 Å². The molecular weight excluding hydrogens is 261 g/mol. The molecule has 0 fully saturated rings. The Morgan fingerprint density at radius 2 is 2.05 bits per heavy atom. The molecule has 5 heteroatoms. The van der Waals surface area contributed by atoms with E-state index in [0.717, 1.165) is 21.1 Å². The van der Waals surface area contributed by atoms with Gasteiger partial charge in [-0.15, -0.1) is 0 Å². The number of fused-ring (bicyclic) bond motifs is 1. The van der Waals surface area contributed by atoms with Gasteiger partial charge in [-0.1, -0.05) is 17.8 Å². The molecule has 0 unspecified atom stereocenters. The molecule has 19 heavy (non-hydrogen) atoms. The molecule has 0 saturated carbocycles. The molecule has 0 amide bonds. The Morgan fingerprint density at radius 1 is 1.21 bits per heavy atom. The van der Waals surface area contributed by atoms with Crippen LogP contribution in [-0.2, 0) is 0 Å². The maximum absolute atomic E-state index is 13.3. The number of aromatic amines is 1. The van der Waals surface area contributed by atoms with Gasteiger partial charge in [-0.2, -0.15) is 0 Å². The number of hydrogen-bond acceptors (Lipinski definition) is 3. The highest BCUT2D eigenvalue weighted by Gasteiger charge is 2.06. The average molecular weight is 273 g/mol. The molecule has 0 aliphatic heterocycles. The molecule has 3 nitrogen and oxygen atoms in total. The molecule has 0 atom stereocenters. The summed E-state index contributed by atoms with van der Waals surface area (Å²) in [4.78, 5) is 8.39. The lowest BCUT2D eigenvalue weighted by molar-refractivity contribution is 0.625. The third-order valence-electron chi connectivity index (χ3n) is 2.72. The summed E-state index contributed by atoms with van der Waals surface area (Å²) in [6, 6.07) is 10.5. The maximum atomic E-state index is 13.3. The molecule has 3 aromatic rings. The molecular formula is C14H12FN3S. The molecule has 0 radical (unpaired) electrons. The molecule has 3 rings (SSSR count). The number of hydrogen-bond donors (Lipinski definition) is 2. The van der Waals surface area contributed by atoms with E-state index in [1.54, 1.807) is 6.07 Å². The van der Waals surface area contributed by atoms with Gasteiger partial charge in [-0.05, 0) is 42.8 Å². The highest BCUT2D eigenvalue weighted by molar-refractivity contribution is 7.99. The summed E-state index contributed by atoms with van der Waals surface area (Å²) in [5.74, 6) is -0.338. The summed E-state index contributed by atoms with van der Waals surface area (Å²) in [5.41, 5.74) is 9.08. The molecule has 0 bridgehead atoms. The molecule has 0 spiro atoms. The largest absolute Gasteiger partial charge is 0.399 e. The number of nitrogens with one attached hydrogen (secondary N) is 1. The first kappa shape index (κ1) is 12.0. The fourth-order valence-electron chi connectivity index (χ4n) is 1.90. The second kappa shape index (κ2) is 4.59. The molecule has 0 saturated heterocycles. The topological polar surface area (TPSA) is 54.7 Å². The van der Waals surface area contributed by atoms with Gasteiger partial charge in [0.2, 0.25) is 0 Å². The van der Waals surface area contributed by atoms with E-state index in [1.807, 2.05) is 25.1 Å². The second-order valence-corrected chi connectivity index (χ2v) is 5.45. The fourth-order valence-corrected chi connectivity index (χ4v) is 2.80. The summed E-state index contributed by atoms with van der Waals surface area (Å²) in [5, 5.41) is 0.727. The number of aromatic nitrogens is 2. The van der Waals surface area contributed by atoms with E-state index in [0.29, 0.717) is 5.69 Å². The maximum Gasteiger partial charge on any atom is 0.171 e. The third kappa shape index (κ3) is 2.56. The van der Waals surface area contributed by atoms with E-state index in [1.165, 1.54) is 29.5 Å². The van der Waals surface area contributed by atoms with Crippen LogP contribution in [0.1, 0.15) is 5.56 Å². The van der Waals surface area contributed by atoms with Crippen LogP contribution < -0.4 is 5.73 Å². The first-order valence-corrected chi connectivity index (χ1v) is 6.62. The van der Waals surface area contributed by atoms with E-state index in [4.69, 9.17) is 5.73 Å². The third-order valence-corrected chi connectivity index (χ3v) is 3.58. The Labute approximate surface area is 114 Å². The van der Waals surface area contributed by atoms with Gasteiger partial charge in [0.05, 0.1) is 11.0 Å². The van der Waals surface area contributed by atoms with E-state index < -0.39 is 0 Å². The van der Waals surface area contributed by atoms with Crippen molar-refractivity contribution in [2.75, 3.05) is 5.73 Å². The molecule has 0 aliphatic rings. The number of nitrogen functional groups attached to an aromatic ring is 1. The highest BCUT2D eigenvalue weighted by atomic mass is 32.2. The van der Waals surface area contributed by atoms with Gasteiger partial charge in [0.25, 0.3) is 0 Å². The number of anilines is 1. The Hall–Kier alpha value is -2.01. The van der Waals surface area contributed by atoms with Crippen molar-refractivity contribution in [3.63, 3.8) is 0 Å². The minimum Gasteiger partial charge on any atom is -0.399 e. The van der Waals surface area contributed by atoms with Crippen molar-refractivity contribution in [3.05, 3.63) is 47.8 Å². The van der Waals surface area contributed by atoms with Crippen molar-refractivity contribution in [1.82, 2.24) is 9.97 Å².